The topological polar surface area (TPSA) is 53.6 Å². The van der Waals surface area contributed by atoms with Gasteiger partial charge in [0.2, 0.25) is 5.28 Å². The second-order valence-corrected chi connectivity index (χ2v) is 4.50. The van der Waals surface area contributed by atoms with E-state index in [4.69, 9.17) is 11.6 Å². The molecule has 0 saturated carbocycles. The van der Waals surface area contributed by atoms with Crippen molar-refractivity contribution in [3.05, 3.63) is 39.9 Å². The second kappa shape index (κ2) is 3.61. The van der Waals surface area contributed by atoms with Gasteiger partial charge in [-0.1, -0.05) is 6.08 Å². The third kappa shape index (κ3) is 1.52. The molecule has 3 rings (SSSR count). The minimum Gasteiger partial charge on any atom is -0.345 e. The molecule has 2 heterocycles. The summed E-state index contributed by atoms with van der Waals surface area (Å²) in [5.74, 6) is 0.693. The van der Waals surface area contributed by atoms with E-state index >= 15 is 0 Å². The molecule has 6 heteroatoms. The highest BCUT2D eigenvalue weighted by Gasteiger charge is 2.12. The zero-order chi connectivity index (χ0) is 11.1. The molecule has 2 aromatic rings. The number of halogens is 2. The first kappa shape index (κ1) is 9.86. The molecule has 1 aliphatic rings. The molecule has 0 bridgehead atoms. The number of aromatic nitrogens is 3. The van der Waals surface area contributed by atoms with Crippen LogP contribution in [-0.4, -0.2) is 15.0 Å². The van der Waals surface area contributed by atoms with Crippen LogP contribution in [0.1, 0.15) is 0 Å². The molecule has 16 heavy (non-hydrogen) atoms. The lowest BCUT2D eigenvalue weighted by atomic mass is 10.2. The number of H-pyrrole nitrogens is 1. The molecular weight excluding hydrogens is 291 g/mol. The van der Waals surface area contributed by atoms with E-state index < -0.39 is 0 Å². The van der Waals surface area contributed by atoms with Gasteiger partial charge >= 0.3 is 0 Å². The van der Waals surface area contributed by atoms with E-state index in [9.17, 15) is 0 Å². The first-order valence-electron chi connectivity index (χ1n) is 4.59. The quantitative estimate of drug-likeness (QED) is 0.837. The van der Waals surface area contributed by atoms with Crippen molar-refractivity contribution >= 4 is 44.4 Å². The number of nitrogens with zero attached hydrogens (tertiary/aromatic N) is 2. The maximum atomic E-state index is 5.84. The summed E-state index contributed by atoms with van der Waals surface area (Å²) >= 11 is 9.28. The van der Waals surface area contributed by atoms with Crippen LogP contribution in [0, 0.1) is 0 Å². The van der Waals surface area contributed by atoms with Crippen LogP contribution in [0.5, 0.6) is 0 Å². The molecule has 0 amide bonds. The van der Waals surface area contributed by atoms with Crippen LogP contribution in [-0.2, 0) is 0 Å². The van der Waals surface area contributed by atoms with Crippen molar-refractivity contribution in [2.75, 3.05) is 5.32 Å². The monoisotopic (exact) mass is 296 g/mol. The molecule has 4 nitrogen and oxygen atoms in total. The Hall–Kier alpha value is -1.33. The molecule has 0 aliphatic heterocycles. The molecule has 2 aromatic heterocycles. The molecule has 0 saturated heterocycles. The van der Waals surface area contributed by atoms with Gasteiger partial charge in [-0.25, -0.2) is 0 Å². The number of hydrogen-bond donors (Lipinski definition) is 2. The minimum atomic E-state index is 0.216. The van der Waals surface area contributed by atoms with Crippen molar-refractivity contribution in [2.45, 2.75) is 0 Å². The van der Waals surface area contributed by atoms with Gasteiger partial charge in [0.1, 0.15) is 11.5 Å². The molecule has 2 N–H and O–H groups in total. The number of anilines is 1. The first-order valence-corrected chi connectivity index (χ1v) is 5.76. The number of hydrogen-bond acceptors (Lipinski definition) is 3. The second-order valence-electron chi connectivity index (χ2n) is 3.31. The van der Waals surface area contributed by atoms with Crippen LogP contribution < -0.4 is 5.32 Å². The van der Waals surface area contributed by atoms with Crippen LogP contribution >= 0.6 is 27.5 Å². The summed E-state index contributed by atoms with van der Waals surface area (Å²) < 4.78 is 0.908. The van der Waals surface area contributed by atoms with Crippen LogP contribution in [0.2, 0.25) is 5.28 Å². The van der Waals surface area contributed by atoms with Crippen molar-refractivity contribution in [3.63, 3.8) is 0 Å². The zero-order valence-corrected chi connectivity index (χ0v) is 10.3. The highest BCUT2D eigenvalue weighted by molar-refractivity contribution is 9.10. The van der Waals surface area contributed by atoms with Gasteiger partial charge in [-0.05, 0) is 39.7 Å². The van der Waals surface area contributed by atoms with Gasteiger partial charge in [-0.15, -0.1) is 0 Å². The minimum absolute atomic E-state index is 0.216. The van der Waals surface area contributed by atoms with Crippen molar-refractivity contribution in [1.29, 1.82) is 0 Å². The smallest absolute Gasteiger partial charge is 0.226 e. The predicted molar refractivity (Wildman–Crippen MR) is 67.4 cm³/mol. The molecule has 0 fully saturated rings. The van der Waals surface area contributed by atoms with Gasteiger partial charge in [0.05, 0.1) is 5.39 Å². The summed E-state index contributed by atoms with van der Waals surface area (Å²) in [7, 11) is 0. The Morgan fingerprint density at radius 1 is 1.38 bits per heavy atom. The Labute approximate surface area is 105 Å². The van der Waals surface area contributed by atoms with E-state index in [-0.39, 0.29) is 5.28 Å². The number of allylic oxidation sites excluding steroid dienone is 3. The lowest BCUT2D eigenvalue weighted by molar-refractivity contribution is 1.19. The Kier molecular flexibility index (Phi) is 2.22. The van der Waals surface area contributed by atoms with Crippen LogP contribution in [0.4, 0.5) is 5.82 Å². The molecule has 0 unspecified atom stereocenters. The van der Waals surface area contributed by atoms with Gasteiger partial charge in [0.15, 0.2) is 0 Å². The number of aromatic amines is 1. The average Bonchev–Trinajstić information content (AvgIpc) is 2.53. The van der Waals surface area contributed by atoms with E-state index in [2.05, 4.69) is 36.2 Å². The predicted octanol–water partition coefficient (Wildman–Crippen LogP) is 3.24. The molecule has 80 valence electrons. The van der Waals surface area contributed by atoms with E-state index in [1.165, 1.54) is 0 Å². The van der Waals surface area contributed by atoms with E-state index in [1.807, 2.05) is 24.4 Å². The molecule has 0 radical (unpaired) electrons. The lowest BCUT2D eigenvalue weighted by Crippen LogP contribution is -2.03. The first-order chi connectivity index (χ1) is 7.74. The molecule has 0 spiro atoms. The summed E-state index contributed by atoms with van der Waals surface area (Å²) in [4.78, 5) is 11.3. The standard InChI is InChI=1S/C10H6BrClN4/c11-6-4-13-8-7(6)9(16-10(12)15-8)14-5-2-1-3-5/h1-4H,(H2,13,14,15,16). The summed E-state index contributed by atoms with van der Waals surface area (Å²) in [6, 6.07) is 0. The molecular formula is C10H6BrClN4. The van der Waals surface area contributed by atoms with E-state index in [0.29, 0.717) is 11.5 Å². The fourth-order valence-corrected chi connectivity index (χ4v) is 2.13. The molecule has 0 atom stereocenters. The molecule has 1 aliphatic carbocycles. The van der Waals surface area contributed by atoms with Crippen LogP contribution in [0.25, 0.3) is 11.0 Å². The maximum Gasteiger partial charge on any atom is 0.226 e. The largest absolute Gasteiger partial charge is 0.345 e. The SMILES string of the molecule is Clc1nc(NC2=CC=C2)c2c(Br)c[nH]c2n1. The number of fused-ring (bicyclic) bond motifs is 1. The van der Waals surface area contributed by atoms with Crippen molar-refractivity contribution in [3.8, 4) is 0 Å². The maximum absolute atomic E-state index is 5.84. The lowest BCUT2D eigenvalue weighted by Gasteiger charge is -2.11. The fourth-order valence-electron chi connectivity index (χ4n) is 1.47. The highest BCUT2D eigenvalue weighted by Crippen LogP contribution is 2.30. The number of rotatable bonds is 2. The van der Waals surface area contributed by atoms with Crippen molar-refractivity contribution < 1.29 is 0 Å². The van der Waals surface area contributed by atoms with Crippen molar-refractivity contribution in [2.24, 2.45) is 0 Å². The third-order valence-electron chi connectivity index (χ3n) is 2.27. The van der Waals surface area contributed by atoms with E-state index in [1.54, 1.807) is 0 Å². The van der Waals surface area contributed by atoms with Gasteiger partial charge in [-0.2, -0.15) is 9.97 Å². The van der Waals surface area contributed by atoms with E-state index in [0.717, 1.165) is 15.6 Å². The zero-order valence-electron chi connectivity index (χ0n) is 7.96. The summed E-state index contributed by atoms with van der Waals surface area (Å²) in [5.41, 5.74) is 1.71. The van der Waals surface area contributed by atoms with Crippen LogP contribution in [0.15, 0.2) is 34.6 Å². The summed E-state index contributed by atoms with van der Waals surface area (Å²) in [6.07, 6.45) is 7.69. The molecule has 0 aromatic carbocycles. The highest BCUT2D eigenvalue weighted by atomic mass is 79.9. The Bertz CT molecular complexity index is 629. The van der Waals surface area contributed by atoms with Crippen LogP contribution in [0.3, 0.4) is 0 Å². The van der Waals surface area contributed by atoms with Gasteiger partial charge in [0.25, 0.3) is 0 Å². The van der Waals surface area contributed by atoms with Crippen molar-refractivity contribution in [1.82, 2.24) is 15.0 Å². The Morgan fingerprint density at radius 2 is 2.19 bits per heavy atom. The number of nitrogens with one attached hydrogen (secondary N) is 2. The average molecular weight is 298 g/mol. The Balaban J connectivity index is 2.16. The van der Waals surface area contributed by atoms with Gasteiger partial charge in [-0.3, -0.25) is 0 Å². The van der Waals surface area contributed by atoms with Gasteiger partial charge in [0, 0.05) is 16.4 Å². The summed E-state index contributed by atoms with van der Waals surface area (Å²) in [6.45, 7) is 0. The van der Waals surface area contributed by atoms with Gasteiger partial charge < -0.3 is 10.3 Å². The summed E-state index contributed by atoms with van der Waals surface area (Å²) in [5, 5.41) is 4.29. The Morgan fingerprint density at radius 3 is 2.88 bits per heavy atom. The fraction of sp³-hybridized carbons (Fsp3) is 0. The normalized spacial score (nSPS) is 13.8. The third-order valence-corrected chi connectivity index (χ3v) is 3.06.